The molecule has 190 valence electrons. The third kappa shape index (κ3) is 4.91. The minimum absolute atomic E-state index is 0.0393. The number of hydrogen-bond acceptors (Lipinski definition) is 4. The first-order chi connectivity index (χ1) is 18.0. The van der Waals surface area contributed by atoms with Crippen LogP contribution in [-0.2, 0) is 18.4 Å². The van der Waals surface area contributed by atoms with Crippen molar-refractivity contribution in [1.29, 1.82) is 0 Å². The molecule has 1 saturated heterocycles. The number of halogens is 1. The Hall–Kier alpha value is -3.48. The second kappa shape index (κ2) is 10.1. The number of carbonyl (C=O) groups is 1. The van der Waals surface area contributed by atoms with Gasteiger partial charge in [0.15, 0.2) is 11.5 Å². The van der Waals surface area contributed by atoms with Crippen molar-refractivity contribution < 1.29 is 14.3 Å². The first-order valence-corrected chi connectivity index (χ1v) is 13.1. The van der Waals surface area contributed by atoms with Crippen molar-refractivity contribution in [2.24, 2.45) is 7.05 Å². The minimum atomic E-state index is -0.0393. The standard InChI is InChI=1S/C30H30ClN3O3/c1-32-19-26(24-4-2-3-5-27(24)32)25(22-7-9-23(31)10-8-22)17-30(35)34-14-12-33(13-15-34)18-21-6-11-28-29(16-21)37-20-36-28/h2-11,16,19,25H,12-15,17-18,20H2,1H3. The van der Waals surface area contributed by atoms with Gasteiger partial charge in [0.2, 0.25) is 12.7 Å². The quantitative estimate of drug-likeness (QED) is 0.344. The Bertz CT molecular complexity index is 1420. The number of amides is 1. The fourth-order valence-electron chi connectivity index (χ4n) is 5.51. The normalized spacial score (nSPS) is 16.3. The van der Waals surface area contributed by atoms with Gasteiger partial charge in [0.05, 0.1) is 0 Å². The molecule has 6 rings (SSSR count). The molecule has 4 aromatic rings. The van der Waals surface area contributed by atoms with Crippen LogP contribution in [-0.4, -0.2) is 53.2 Å². The van der Waals surface area contributed by atoms with Crippen LogP contribution in [0.5, 0.6) is 11.5 Å². The molecular weight excluding hydrogens is 486 g/mol. The third-order valence-electron chi connectivity index (χ3n) is 7.52. The minimum Gasteiger partial charge on any atom is -0.454 e. The fourth-order valence-corrected chi connectivity index (χ4v) is 5.64. The van der Waals surface area contributed by atoms with E-state index in [-0.39, 0.29) is 18.6 Å². The van der Waals surface area contributed by atoms with Gasteiger partial charge >= 0.3 is 0 Å². The third-order valence-corrected chi connectivity index (χ3v) is 7.77. The molecule has 1 unspecified atom stereocenters. The van der Waals surface area contributed by atoms with Crippen molar-refractivity contribution >= 4 is 28.4 Å². The lowest BCUT2D eigenvalue weighted by molar-refractivity contribution is -0.133. The molecule has 0 aliphatic carbocycles. The van der Waals surface area contributed by atoms with Crippen LogP contribution in [0.4, 0.5) is 0 Å². The molecule has 1 aromatic heterocycles. The smallest absolute Gasteiger partial charge is 0.231 e. The second-order valence-corrected chi connectivity index (χ2v) is 10.3. The summed E-state index contributed by atoms with van der Waals surface area (Å²) in [4.78, 5) is 18.0. The van der Waals surface area contributed by atoms with Gasteiger partial charge in [-0.15, -0.1) is 0 Å². The zero-order valence-corrected chi connectivity index (χ0v) is 21.7. The predicted octanol–water partition coefficient (Wildman–Crippen LogP) is 5.43. The number of nitrogens with zero attached hydrogens (tertiary/aromatic N) is 3. The van der Waals surface area contributed by atoms with E-state index in [0.717, 1.165) is 49.8 Å². The number of rotatable bonds is 6. The summed E-state index contributed by atoms with van der Waals surface area (Å²) in [6.45, 7) is 4.27. The van der Waals surface area contributed by atoms with Gasteiger partial charge in [-0.3, -0.25) is 9.69 Å². The number of aryl methyl sites for hydroxylation is 1. The molecule has 6 nitrogen and oxygen atoms in total. The van der Waals surface area contributed by atoms with Crippen molar-refractivity contribution in [3.63, 3.8) is 0 Å². The first-order valence-electron chi connectivity index (χ1n) is 12.7. The second-order valence-electron chi connectivity index (χ2n) is 9.87. The Morgan fingerprint density at radius 3 is 2.51 bits per heavy atom. The summed E-state index contributed by atoms with van der Waals surface area (Å²) >= 11 is 6.19. The first kappa shape index (κ1) is 23.9. The van der Waals surface area contributed by atoms with Crippen molar-refractivity contribution in [2.75, 3.05) is 33.0 Å². The number of hydrogen-bond donors (Lipinski definition) is 0. The maximum absolute atomic E-state index is 13.6. The molecule has 3 heterocycles. The average molecular weight is 516 g/mol. The van der Waals surface area contributed by atoms with E-state index in [1.807, 2.05) is 35.2 Å². The van der Waals surface area contributed by atoms with Crippen LogP contribution in [0.1, 0.15) is 29.0 Å². The van der Waals surface area contributed by atoms with Gasteiger partial charge in [-0.2, -0.15) is 0 Å². The zero-order valence-electron chi connectivity index (χ0n) is 20.9. The van der Waals surface area contributed by atoms with Gasteiger partial charge < -0.3 is 18.9 Å². The zero-order chi connectivity index (χ0) is 25.4. The summed E-state index contributed by atoms with van der Waals surface area (Å²) in [5.74, 6) is 1.77. The maximum Gasteiger partial charge on any atom is 0.231 e. The van der Waals surface area contributed by atoms with E-state index >= 15 is 0 Å². The topological polar surface area (TPSA) is 46.9 Å². The molecule has 2 aliphatic heterocycles. The van der Waals surface area contributed by atoms with E-state index in [1.165, 1.54) is 22.0 Å². The fraction of sp³-hybridized carbons (Fsp3) is 0.300. The highest BCUT2D eigenvalue weighted by molar-refractivity contribution is 6.30. The van der Waals surface area contributed by atoms with Crippen LogP contribution >= 0.6 is 11.6 Å². The summed E-state index contributed by atoms with van der Waals surface area (Å²) in [5.41, 5.74) is 4.65. The maximum atomic E-state index is 13.6. The van der Waals surface area contributed by atoms with Crippen LogP contribution < -0.4 is 9.47 Å². The van der Waals surface area contributed by atoms with Gasteiger partial charge in [-0.1, -0.05) is 48.0 Å². The number of fused-ring (bicyclic) bond motifs is 2. The molecule has 0 N–H and O–H groups in total. The number of piperazine rings is 1. The molecule has 1 fully saturated rings. The Morgan fingerprint density at radius 1 is 0.946 bits per heavy atom. The number of ether oxygens (including phenoxy) is 2. The van der Waals surface area contributed by atoms with Crippen molar-refractivity contribution in [3.05, 3.63) is 94.6 Å². The number of para-hydroxylation sites is 1. The van der Waals surface area contributed by atoms with Crippen LogP contribution in [0.2, 0.25) is 5.02 Å². The lowest BCUT2D eigenvalue weighted by atomic mass is 9.87. The highest BCUT2D eigenvalue weighted by Gasteiger charge is 2.27. The Balaban J connectivity index is 1.16. The summed E-state index contributed by atoms with van der Waals surface area (Å²) in [7, 11) is 2.06. The molecule has 2 aliphatic rings. The molecule has 0 bridgehead atoms. The van der Waals surface area contributed by atoms with Gasteiger partial charge in [0.25, 0.3) is 0 Å². The largest absolute Gasteiger partial charge is 0.454 e. The highest BCUT2D eigenvalue weighted by Crippen LogP contribution is 2.36. The molecule has 0 spiro atoms. The van der Waals surface area contributed by atoms with E-state index in [1.54, 1.807) is 0 Å². The molecule has 1 atom stereocenters. The number of carbonyl (C=O) groups excluding carboxylic acids is 1. The van der Waals surface area contributed by atoms with Crippen molar-refractivity contribution in [2.45, 2.75) is 18.9 Å². The van der Waals surface area contributed by atoms with Crippen LogP contribution in [0.15, 0.2) is 72.9 Å². The Kier molecular flexibility index (Phi) is 6.53. The molecule has 37 heavy (non-hydrogen) atoms. The molecule has 0 saturated carbocycles. The SMILES string of the molecule is Cn1cc(C(CC(=O)N2CCN(Cc3ccc4c(c3)OCO4)CC2)c2ccc(Cl)cc2)c2ccccc21. The molecule has 3 aromatic carbocycles. The number of aromatic nitrogens is 1. The summed E-state index contributed by atoms with van der Waals surface area (Å²) in [6, 6.07) is 22.4. The lowest BCUT2D eigenvalue weighted by Crippen LogP contribution is -2.48. The van der Waals surface area contributed by atoms with Crippen LogP contribution in [0.25, 0.3) is 10.9 Å². The monoisotopic (exact) mass is 515 g/mol. The lowest BCUT2D eigenvalue weighted by Gasteiger charge is -2.35. The van der Waals surface area contributed by atoms with Gasteiger partial charge in [-0.25, -0.2) is 0 Å². The summed E-state index contributed by atoms with van der Waals surface area (Å²) in [5, 5.41) is 1.89. The van der Waals surface area contributed by atoms with Crippen molar-refractivity contribution in [3.8, 4) is 11.5 Å². The van der Waals surface area contributed by atoms with E-state index < -0.39 is 0 Å². The van der Waals surface area contributed by atoms with Crippen molar-refractivity contribution in [1.82, 2.24) is 14.4 Å². The number of benzene rings is 3. The van der Waals surface area contributed by atoms with E-state index in [4.69, 9.17) is 21.1 Å². The van der Waals surface area contributed by atoms with Gasteiger partial charge in [0, 0.05) is 74.2 Å². The molecular formula is C30H30ClN3O3. The Labute approximate surface area is 221 Å². The van der Waals surface area contributed by atoms with Gasteiger partial charge in [-0.05, 0) is 47.0 Å². The molecule has 0 radical (unpaired) electrons. The Morgan fingerprint density at radius 2 is 1.70 bits per heavy atom. The summed E-state index contributed by atoms with van der Waals surface area (Å²) in [6.07, 6.45) is 2.60. The highest BCUT2D eigenvalue weighted by atomic mass is 35.5. The predicted molar refractivity (Wildman–Crippen MR) is 145 cm³/mol. The van der Waals surface area contributed by atoms with Crippen LogP contribution in [0.3, 0.4) is 0 Å². The molecule has 7 heteroatoms. The van der Waals surface area contributed by atoms with E-state index in [9.17, 15) is 4.79 Å². The summed E-state index contributed by atoms with van der Waals surface area (Å²) < 4.78 is 13.1. The van der Waals surface area contributed by atoms with E-state index in [0.29, 0.717) is 11.4 Å². The molecule has 1 amide bonds. The van der Waals surface area contributed by atoms with Gasteiger partial charge in [0.1, 0.15) is 0 Å². The average Bonchev–Trinajstić information content (AvgIpc) is 3.52. The van der Waals surface area contributed by atoms with E-state index in [2.05, 4.69) is 59.1 Å². The van der Waals surface area contributed by atoms with Crippen LogP contribution in [0, 0.1) is 0 Å².